The maximum atomic E-state index is 13.4. The third kappa shape index (κ3) is 8.70. The van der Waals surface area contributed by atoms with Crippen molar-refractivity contribution >= 4 is 8.32 Å². The predicted octanol–water partition coefficient (Wildman–Crippen LogP) is 6.94. The maximum absolute atomic E-state index is 13.4. The molecule has 1 fully saturated rings. The Morgan fingerprint density at radius 3 is 1.84 bits per heavy atom. The Morgan fingerprint density at radius 2 is 1.31 bits per heavy atom. The lowest BCUT2D eigenvalue weighted by molar-refractivity contribution is -0.0948. The van der Waals surface area contributed by atoms with E-state index >= 15 is 0 Å². The van der Waals surface area contributed by atoms with E-state index in [-0.39, 0.29) is 18.3 Å². The Kier molecular flexibility index (Phi) is 12.2. The summed E-state index contributed by atoms with van der Waals surface area (Å²) in [6.45, 7) is 11.2. The standard InChI is InChI=1S/C43H51N3O8Si/c1-42(2,3)55(6,7)54-39-36(53-40(46-27-26-37(47)44-41(46)48)38(39)45-52-28-30-14-10-8-11-15-30)29-51-43(31-16-12-9-13-17-31,32-18-22-34(49-4)23-19-32)33-20-24-35(50-5)25-21-33/h8-27,36,38-40,45H,28-29H2,1-7H3,(H,44,47,48)/t36-,38-,39-,40-/m1/s1. The molecule has 2 heterocycles. The Balaban J connectivity index is 1.46. The molecule has 4 atom stereocenters. The molecule has 11 nitrogen and oxygen atoms in total. The monoisotopic (exact) mass is 765 g/mol. The Hall–Kier alpha value is -4.82. The van der Waals surface area contributed by atoms with Crippen molar-refractivity contribution in [2.45, 2.75) is 75.6 Å². The number of H-pyrrole nitrogens is 1. The minimum absolute atomic E-state index is 0.0394. The summed E-state index contributed by atoms with van der Waals surface area (Å²) in [6, 6.07) is 36.1. The van der Waals surface area contributed by atoms with E-state index in [1.807, 2.05) is 109 Å². The molecule has 2 N–H and O–H groups in total. The second-order valence-electron chi connectivity index (χ2n) is 15.2. The lowest BCUT2D eigenvalue weighted by atomic mass is 9.80. The summed E-state index contributed by atoms with van der Waals surface area (Å²) < 4.78 is 33.8. The van der Waals surface area contributed by atoms with Crippen LogP contribution in [0.4, 0.5) is 0 Å². The zero-order chi connectivity index (χ0) is 39.2. The van der Waals surface area contributed by atoms with Crippen LogP contribution >= 0.6 is 0 Å². The summed E-state index contributed by atoms with van der Waals surface area (Å²) in [5.41, 5.74) is 4.54. The third-order valence-electron chi connectivity index (χ3n) is 10.6. The van der Waals surface area contributed by atoms with Crippen LogP contribution in [0.2, 0.25) is 18.1 Å². The van der Waals surface area contributed by atoms with Crippen LogP contribution in [0.5, 0.6) is 11.5 Å². The lowest BCUT2D eigenvalue weighted by Crippen LogP contribution is -2.54. The van der Waals surface area contributed by atoms with Crippen molar-refractivity contribution in [2.24, 2.45) is 0 Å². The van der Waals surface area contributed by atoms with E-state index in [4.69, 9.17) is 28.2 Å². The van der Waals surface area contributed by atoms with Gasteiger partial charge in [0.25, 0.3) is 5.56 Å². The molecule has 12 heteroatoms. The third-order valence-corrected chi connectivity index (χ3v) is 15.1. The molecular weight excluding hydrogens is 715 g/mol. The molecule has 6 rings (SSSR count). The summed E-state index contributed by atoms with van der Waals surface area (Å²) in [6.07, 6.45) is -0.861. The molecule has 5 aromatic rings. The fourth-order valence-corrected chi connectivity index (χ4v) is 7.94. The van der Waals surface area contributed by atoms with Gasteiger partial charge in [0.1, 0.15) is 29.2 Å². The first-order valence-corrected chi connectivity index (χ1v) is 21.3. The molecule has 55 heavy (non-hydrogen) atoms. The number of hydroxylamine groups is 1. The second-order valence-corrected chi connectivity index (χ2v) is 19.9. The highest BCUT2D eigenvalue weighted by Gasteiger charge is 2.52. The van der Waals surface area contributed by atoms with Crippen molar-refractivity contribution in [3.05, 3.63) is 165 Å². The summed E-state index contributed by atoms with van der Waals surface area (Å²) in [7, 11) is 0.771. The van der Waals surface area contributed by atoms with E-state index in [0.29, 0.717) is 11.5 Å². The molecule has 0 bridgehead atoms. The number of methoxy groups -OCH3 is 2. The van der Waals surface area contributed by atoms with Gasteiger partial charge in [0.05, 0.1) is 33.5 Å². The molecule has 0 radical (unpaired) electrons. The van der Waals surface area contributed by atoms with Crippen LogP contribution in [0.1, 0.15) is 49.3 Å². The summed E-state index contributed by atoms with van der Waals surface area (Å²) in [4.78, 5) is 34.1. The van der Waals surface area contributed by atoms with E-state index in [9.17, 15) is 9.59 Å². The fraction of sp³-hybridized carbons (Fsp3) is 0.349. The number of benzene rings is 4. The van der Waals surface area contributed by atoms with E-state index in [2.05, 4.69) is 44.3 Å². The van der Waals surface area contributed by atoms with Gasteiger partial charge in [0, 0.05) is 12.3 Å². The smallest absolute Gasteiger partial charge is 0.330 e. The van der Waals surface area contributed by atoms with Crippen LogP contribution in [0.25, 0.3) is 0 Å². The molecule has 4 aromatic carbocycles. The maximum Gasteiger partial charge on any atom is 0.330 e. The van der Waals surface area contributed by atoms with Crippen molar-refractivity contribution in [1.29, 1.82) is 0 Å². The van der Waals surface area contributed by atoms with Gasteiger partial charge in [-0.15, -0.1) is 0 Å². The average molecular weight is 766 g/mol. The van der Waals surface area contributed by atoms with Crippen molar-refractivity contribution < 1.29 is 28.2 Å². The first-order valence-electron chi connectivity index (χ1n) is 18.4. The molecular formula is C43H51N3O8Si. The Labute approximate surface area is 323 Å². The quantitative estimate of drug-likeness (QED) is 0.0664. The molecule has 1 aliphatic rings. The van der Waals surface area contributed by atoms with Crippen molar-refractivity contribution in [1.82, 2.24) is 15.0 Å². The van der Waals surface area contributed by atoms with Crippen LogP contribution in [-0.4, -0.2) is 56.9 Å². The summed E-state index contributed by atoms with van der Waals surface area (Å²) in [5, 5.41) is -0.166. The molecule has 1 aliphatic heterocycles. The zero-order valence-corrected chi connectivity index (χ0v) is 33.5. The minimum Gasteiger partial charge on any atom is -0.497 e. The molecule has 1 aromatic heterocycles. The van der Waals surface area contributed by atoms with Crippen LogP contribution in [0.15, 0.2) is 131 Å². The predicted molar refractivity (Wildman–Crippen MR) is 214 cm³/mol. The minimum atomic E-state index is -2.50. The molecule has 0 aliphatic carbocycles. The number of ether oxygens (including phenoxy) is 4. The van der Waals surface area contributed by atoms with Crippen LogP contribution in [0.3, 0.4) is 0 Å². The number of hydrogen-bond donors (Lipinski definition) is 2. The molecule has 0 saturated carbocycles. The van der Waals surface area contributed by atoms with Crippen molar-refractivity contribution in [3.63, 3.8) is 0 Å². The molecule has 0 spiro atoms. The first kappa shape index (κ1) is 39.9. The molecule has 290 valence electrons. The van der Waals surface area contributed by atoms with Crippen LogP contribution in [-0.2, 0) is 30.9 Å². The highest BCUT2D eigenvalue weighted by molar-refractivity contribution is 6.74. The van der Waals surface area contributed by atoms with Gasteiger partial charge >= 0.3 is 5.69 Å². The van der Waals surface area contributed by atoms with Gasteiger partial charge < -0.3 is 23.4 Å². The highest BCUT2D eigenvalue weighted by atomic mass is 28.4. The van der Waals surface area contributed by atoms with Gasteiger partial charge in [-0.25, -0.2) is 4.79 Å². The number of nitrogens with zero attached hydrogens (tertiary/aromatic N) is 1. The molecule has 1 saturated heterocycles. The fourth-order valence-electron chi connectivity index (χ4n) is 6.60. The lowest BCUT2D eigenvalue weighted by Gasteiger charge is -2.41. The average Bonchev–Trinajstić information content (AvgIpc) is 3.51. The van der Waals surface area contributed by atoms with Crippen LogP contribution in [0, 0.1) is 0 Å². The van der Waals surface area contributed by atoms with Crippen molar-refractivity contribution in [2.75, 3.05) is 20.8 Å². The van der Waals surface area contributed by atoms with Gasteiger partial charge in [-0.1, -0.05) is 106 Å². The van der Waals surface area contributed by atoms with E-state index in [0.717, 1.165) is 22.3 Å². The van der Waals surface area contributed by atoms with E-state index < -0.39 is 49.6 Å². The van der Waals surface area contributed by atoms with Gasteiger partial charge in [-0.2, -0.15) is 5.48 Å². The van der Waals surface area contributed by atoms with E-state index in [1.54, 1.807) is 14.2 Å². The summed E-state index contributed by atoms with van der Waals surface area (Å²) in [5.74, 6) is 1.42. The second kappa shape index (κ2) is 16.9. The van der Waals surface area contributed by atoms with Gasteiger partial charge in [-0.05, 0) is 64.7 Å². The number of rotatable bonds is 15. The largest absolute Gasteiger partial charge is 0.497 e. The topological polar surface area (TPSA) is 122 Å². The SMILES string of the molecule is COc1ccc(C(OC[C@H]2O[C@@H](n3ccc(=O)[nH]c3=O)[C@H](NOCc3ccccc3)[C@@H]2O[Si](C)(C)C(C)(C)C)(c2ccccc2)c2ccc(OC)cc2)cc1. The highest BCUT2D eigenvalue weighted by Crippen LogP contribution is 2.45. The van der Waals surface area contributed by atoms with Gasteiger partial charge in [0.15, 0.2) is 14.5 Å². The number of aromatic amines is 1. The van der Waals surface area contributed by atoms with Gasteiger partial charge in [-0.3, -0.25) is 19.2 Å². The first-order chi connectivity index (χ1) is 26.4. The number of hydrogen-bond acceptors (Lipinski definition) is 9. The molecule has 0 amide bonds. The van der Waals surface area contributed by atoms with Crippen LogP contribution < -0.4 is 26.2 Å². The Morgan fingerprint density at radius 1 is 0.764 bits per heavy atom. The Bertz CT molecular complexity index is 2050. The van der Waals surface area contributed by atoms with Crippen molar-refractivity contribution in [3.8, 4) is 11.5 Å². The number of aromatic nitrogens is 2. The van der Waals surface area contributed by atoms with E-state index in [1.165, 1.54) is 16.8 Å². The summed E-state index contributed by atoms with van der Waals surface area (Å²) >= 11 is 0. The van der Waals surface area contributed by atoms with Gasteiger partial charge in [0.2, 0.25) is 0 Å². The zero-order valence-electron chi connectivity index (χ0n) is 32.5. The number of nitrogens with one attached hydrogen (secondary N) is 2. The normalized spacial score (nSPS) is 19.0. The molecule has 0 unspecified atom stereocenters.